The molecule has 1 N–H and O–H groups in total. The quantitative estimate of drug-likeness (QED) is 0.861. The summed E-state index contributed by atoms with van der Waals surface area (Å²) in [6.07, 6.45) is 2.76. The van der Waals surface area contributed by atoms with Gasteiger partial charge in [0.15, 0.2) is 11.5 Å². The second-order valence-electron chi connectivity index (χ2n) is 5.52. The van der Waals surface area contributed by atoms with Gasteiger partial charge in [-0.1, -0.05) is 17.7 Å². The van der Waals surface area contributed by atoms with Crippen LogP contribution in [-0.2, 0) is 17.7 Å². The van der Waals surface area contributed by atoms with Gasteiger partial charge in [-0.2, -0.15) is 0 Å². The number of amides is 1. The molecule has 0 atom stereocenters. The number of benzene rings is 1. The molecule has 0 spiro atoms. The fraction of sp³-hybridized carbons (Fsp3) is 0.353. The average molecular weight is 348 g/mol. The zero-order valence-corrected chi connectivity index (χ0v) is 14.1. The summed E-state index contributed by atoms with van der Waals surface area (Å²) in [6.45, 7) is 2.71. The van der Waals surface area contributed by atoms with E-state index in [9.17, 15) is 9.59 Å². The third kappa shape index (κ3) is 3.28. The van der Waals surface area contributed by atoms with Gasteiger partial charge in [0, 0.05) is 23.6 Å². The number of hydrogen-bond donors (Lipinski definition) is 1. The molecule has 2 heterocycles. The fourth-order valence-corrected chi connectivity index (χ4v) is 2.98. The molecular formula is C17H18ClN3O3. The Labute approximate surface area is 144 Å². The van der Waals surface area contributed by atoms with Crippen molar-refractivity contribution >= 4 is 29.3 Å². The first kappa shape index (κ1) is 16.5. The van der Waals surface area contributed by atoms with E-state index in [2.05, 4.69) is 10.3 Å². The highest BCUT2D eigenvalue weighted by atomic mass is 35.5. The molecule has 0 saturated heterocycles. The van der Waals surface area contributed by atoms with E-state index in [1.54, 1.807) is 31.2 Å². The van der Waals surface area contributed by atoms with E-state index in [-0.39, 0.29) is 18.3 Å². The third-order valence-corrected chi connectivity index (χ3v) is 4.10. The molecule has 126 valence electrons. The standard InChI is InChI=1S/C17H18ClN3O3/c1-2-24-17(23)14-15(19-13-8-3-4-9-21(13)14)20-16(22)11-6-5-7-12(18)10-11/h5-7,10H,2-4,8-9H2,1H3,(H,20,22). The molecule has 6 nitrogen and oxygen atoms in total. The summed E-state index contributed by atoms with van der Waals surface area (Å²) in [7, 11) is 0. The summed E-state index contributed by atoms with van der Waals surface area (Å²) in [5.74, 6) is 0.207. The maximum Gasteiger partial charge on any atom is 0.358 e. The number of nitrogens with zero attached hydrogens (tertiary/aromatic N) is 2. The Hall–Kier alpha value is -2.34. The third-order valence-electron chi connectivity index (χ3n) is 3.87. The summed E-state index contributed by atoms with van der Waals surface area (Å²) in [4.78, 5) is 29.2. The molecule has 1 aromatic heterocycles. The highest BCUT2D eigenvalue weighted by Gasteiger charge is 2.27. The fourth-order valence-electron chi connectivity index (χ4n) is 2.79. The SMILES string of the molecule is CCOC(=O)c1c(NC(=O)c2cccc(Cl)c2)nc2n1CCCC2. The van der Waals surface area contributed by atoms with Crippen LogP contribution in [0.3, 0.4) is 0 Å². The van der Waals surface area contributed by atoms with Gasteiger partial charge in [0.25, 0.3) is 5.91 Å². The Kier molecular flexibility index (Phi) is 4.85. The van der Waals surface area contributed by atoms with E-state index in [0.717, 1.165) is 25.1 Å². The first-order valence-corrected chi connectivity index (χ1v) is 8.31. The van der Waals surface area contributed by atoms with Crippen LogP contribution < -0.4 is 5.32 Å². The average Bonchev–Trinajstić information content (AvgIpc) is 2.93. The van der Waals surface area contributed by atoms with Gasteiger partial charge in [-0.25, -0.2) is 9.78 Å². The van der Waals surface area contributed by atoms with Crippen molar-refractivity contribution < 1.29 is 14.3 Å². The van der Waals surface area contributed by atoms with Crippen LogP contribution in [0, 0.1) is 0 Å². The van der Waals surface area contributed by atoms with Crippen LogP contribution in [0.25, 0.3) is 0 Å². The number of aryl methyl sites for hydroxylation is 1. The van der Waals surface area contributed by atoms with Gasteiger partial charge in [0.1, 0.15) is 5.82 Å². The number of carbonyl (C=O) groups excluding carboxylic acids is 2. The Morgan fingerprint density at radius 1 is 1.38 bits per heavy atom. The summed E-state index contributed by atoms with van der Waals surface area (Å²) in [5, 5.41) is 3.19. The summed E-state index contributed by atoms with van der Waals surface area (Å²) in [5.41, 5.74) is 0.713. The lowest BCUT2D eigenvalue weighted by atomic mass is 10.1. The molecule has 0 aliphatic carbocycles. The largest absolute Gasteiger partial charge is 0.461 e. The van der Waals surface area contributed by atoms with Gasteiger partial charge < -0.3 is 14.6 Å². The Bertz CT molecular complexity index is 785. The maximum atomic E-state index is 12.4. The minimum absolute atomic E-state index is 0.246. The molecule has 3 rings (SSSR count). The van der Waals surface area contributed by atoms with Crippen LogP contribution in [0.15, 0.2) is 24.3 Å². The lowest BCUT2D eigenvalue weighted by Gasteiger charge is -2.15. The number of aromatic nitrogens is 2. The zero-order valence-electron chi connectivity index (χ0n) is 13.3. The predicted octanol–water partition coefficient (Wildman–Crippen LogP) is 3.30. The number of carbonyl (C=O) groups is 2. The van der Waals surface area contributed by atoms with Crippen molar-refractivity contribution in [1.82, 2.24) is 9.55 Å². The van der Waals surface area contributed by atoms with E-state index in [4.69, 9.17) is 16.3 Å². The van der Waals surface area contributed by atoms with Crippen molar-refractivity contribution in [2.45, 2.75) is 32.7 Å². The van der Waals surface area contributed by atoms with Crippen LogP contribution in [0.4, 0.5) is 5.82 Å². The Morgan fingerprint density at radius 3 is 2.96 bits per heavy atom. The lowest BCUT2D eigenvalue weighted by molar-refractivity contribution is 0.0514. The van der Waals surface area contributed by atoms with Crippen molar-refractivity contribution in [2.24, 2.45) is 0 Å². The van der Waals surface area contributed by atoms with Crippen LogP contribution in [0.2, 0.25) is 5.02 Å². The molecule has 24 heavy (non-hydrogen) atoms. The van der Waals surface area contributed by atoms with Gasteiger partial charge in [0.05, 0.1) is 6.61 Å². The molecule has 1 aromatic carbocycles. The number of nitrogens with one attached hydrogen (secondary N) is 1. The number of imidazole rings is 1. The highest BCUT2D eigenvalue weighted by molar-refractivity contribution is 6.31. The van der Waals surface area contributed by atoms with E-state index in [0.29, 0.717) is 22.8 Å². The molecule has 0 radical (unpaired) electrons. The van der Waals surface area contributed by atoms with Gasteiger partial charge in [-0.15, -0.1) is 0 Å². The Balaban J connectivity index is 1.93. The van der Waals surface area contributed by atoms with Crippen molar-refractivity contribution in [3.05, 3.63) is 46.4 Å². The van der Waals surface area contributed by atoms with E-state index in [1.807, 2.05) is 4.57 Å². The first-order valence-electron chi connectivity index (χ1n) is 7.93. The number of halogens is 1. The van der Waals surface area contributed by atoms with Crippen LogP contribution >= 0.6 is 11.6 Å². The van der Waals surface area contributed by atoms with Crippen LogP contribution in [0.1, 0.15) is 46.4 Å². The van der Waals surface area contributed by atoms with E-state index < -0.39 is 5.97 Å². The molecule has 0 unspecified atom stereocenters. The number of rotatable bonds is 4. The maximum absolute atomic E-state index is 12.4. The second-order valence-corrected chi connectivity index (χ2v) is 5.96. The number of ether oxygens (including phenoxy) is 1. The van der Waals surface area contributed by atoms with Crippen molar-refractivity contribution in [2.75, 3.05) is 11.9 Å². The van der Waals surface area contributed by atoms with Gasteiger partial charge in [-0.3, -0.25) is 4.79 Å². The first-order chi connectivity index (χ1) is 11.6. The lowest BCUT2D eigenvalue weighted by Crippen LogP contribution is -2.20. The minimum atomic E-state index is -0.473. The number of hydrogen-bond acceptors (Lipinski definition) is 4. The second kappa shape index (κ2) is 7.05. The van der Waals surface area contributed by atoms with Crippen LogP contribution in [-0.4, -0.2) is 28.0 Å². The van der Waals surface area contributed by atoms with Gasteiger partial charge >= 0.3 is 5.97 Å². The summed E-state index contributed by atoms with van der Waals surface area (Å²) >= 11 is 5.92. The predicted molar refractivity (Wildman–Crippen MR) is 90.5 cm³/mol. The molecule has 1 aliphatic heterocycles. The molecule has 7 heteroatoms. The topological polar surface area (TPSA) is 73.2 Å². The molecule has 1 amide bonds. The molecular weight excluding hydrogens is 330 g/mol. The van der Waals surface area contributed by atoms with Crippen molar-refractivity contribution in [1.29, 1.82) is 0 Å². The van der Waals surface area contributed by atoms with Gasteiger partial charge in [0.2, 0.25) is 0 Å². The number of anilines is 1. The molecule has 0 saturated carbocycles. The van der Waals surface area contributed by atoms with Crippen molar-refractivity contribution in [3.8, 4) is 0 Å². The number of esters is 1. The molecule has 2 aromatic rings. The number of fused-ring (bicyclic) bond motifs is 1. The Morgan fingerprint density at radius 2 is 2.21 bits per heavy atom. The highest BCUT2D eigenvalue weighted by Crippen LogP contribution is 2.25. The zero-order chi connectivity index (χ0) is 17.1. The van der Waals surface area contributed by atoms with Gasteiger partial charge in [-0.05, 0) is 38.0 Å². The molecule has 1 aliphatic rings. The van der Waals surface area contributed by atoms with E-state index in [1.165, 1.54) is 0 Å². The monoisotopic (exact) mass is 347 g/mol. The molecule has 0 bridgehead atoms. The minimum Gasteiger partial charge on any atom is -0.461 e. The summed E-state index contributed by atoms with van der Waals surface area (Å²) < 4.78 is 6.97. The van der Waals surface area contributed by atoms with Crippen molar-refractivity contribution in [3.63, 3.8) is 0 Å². The smallest absolute Gasteiger partial charge is 0.358 e. The summed E-state index contributed by atoms with van der Waals surface area (Å²) in [6, 6.07) is 6.61. The van der Waals surface area contributed by atoms with E-state index >= 15 is 0 Å². The van der Waals surface area contributed by atoms with Crippen LogP contribution in [0.5, 0.6) is 0 Å². The molecule has 0 fully saturated rings. The normalized spacial score (nSPS) is 13.2.